The summed E-state index contributed by atoms with van der Waals surface area (Å²) in [6.45, 7) is 6.42. The summed E-state index contributed by atoms with van der Waals surface area (Å²) in [6, 6.07) is 9.90. The third-order valence-electron chi connectivity index (χ3n) is 4.89. The van der Waals surface area contributed by atoms with Crippen LogP contribution >= 0.6 is 0 Å². The third kappa shape index (κ3) is 4.27. The summed E-state index contributed by atoms with van der Waals surface area (Å²) in [5, 5.41) is 5.55. The van der Waals surface area contributed by atoms with Gasteiger partial charge in [0.1, 0.15) is 23.9 Å². The summed E-state index contributed by atoms with van der Waals surface area (Å²) in [6.07, 6.45) is 0. The molecule has 2 aromatic rings. The van der Waals surface area contributed by atoms with Crippen molar-refractivity contribution in [3.05, 3.63) is 36.4 Å². The van der Waals surface area contributed by atoms with E-state index in [0.29, 0.717) is 47.5 Å². The molecule has 0 fully saturated rings. The first-order chi connectivity index (χ1) is 14.3. The van der Waals surface area contributed by atoms with E-state index in [9.17, 15) is 9.59 Å². The van der Waals surface area contributed by atoms with Gasteiger partial charge in [-0.1, -0.05) is 0 Å². The van der Waals surface area contributed by atoms with Gasteiger partial charge >= 0.3 is 6.03 Å². The Balaban J connectivity index is 1.80. The van der Waals surface area contributed by atoms with Gasteiger partial charge in [-0.3, -0.25) is 4.79 Å². The Morgan fingerprint density at radius 1 is 1.13 bits per heavy atom. The zero-order valence-electron chi connectivity index (χ0n) is 17.9. The summed E-state index contributed by atoms with van der Waals surface area (Å²) in [5.74, 6) is 1.69. The summed E-state index contributed by atoms with van der Waals surface area (Å²) < 4.78 is 16.3. The molecule has 0 aliphatic carbocycles. The number of anilines is 3. The molecule has 1 heterocycles. The van der Waals surface area contributed by atoms with E-state index in [1.54, 1.807) is 48.4 Å². The van der Waals surface area contributed by atoms with Crippen molar-refractivity contribution < 1.29 is 23.8 Å². The van der Waals surface area contributed by atoms with Crippen molar-refractivity contribution in [1.82, 2.24) is 0 Å². The normalized spacial score (nSPS) is 14.8. The molecule has 30 heavy (non-hydrogen) atoms. The molecular formula is C22H27N3O5. The van der Waals surface area contributed by atoms with E-state index < -0.39 is 11.4 Å². The molecule has 2 aromatic carbocycles. The monoisotopic (exact) mass is 413 g/mol. The fourth-order valence-electron chi connectivity index (χ4n) is 3.22. The van der Waals surface area contributed by atoms with Gasteiger partial charge < -0.3 is 29.7 Å². The third-order valence-corrected chi connectivity index (χ3v) is 4.89. The quantitative estimate of drug-likeness (QED) is 0.770. The number of hydrogen-bond donors (Lipinski definition) is 2. The Morgan fingerprint density at radius 3 is 2.57 bits per heavy atom. The van der Waals surface area contributed by atoms with E-state index in [4.69, 9.17) is 14.2 Å². The fraction of sp³-hybridized carbons (Fsp3) is 0.364. The number of fused-ring (bicyclic) bond motifs is 1. The highest BCUT2D eigenvalue weighted by Gasteiger charge is 2.37. The Labute approximate surface area is 176 Å². The Bertz CT molecular complexity index is 958. The van der Waals surface area contributed by atoms with Crippen LogP contribution in [0.5, 0.6) is 17.2 Å². The zero-order valence-corrected chi connectivity index (χ0v) is 17.9. The van der Waals surface area contributed by atoms with Gasteiger partial charge in [0, 0.05) is 18.3 Å². The van der Waals surface area contributed by atoms with Crippen molar-refractivity contribution in [2.45, 2.75) is 20.8 Å². The van der Waals surface area contributed by atoms with Gasteiger partial charge in [0.05, 0.1) is 31.0 Å². The minimum atomic E-state index is -0.634. The van der Waals surface area contributed by atoms with Crippen molar-refractivity contribution in [1.29, 1.82) is 0 Å². The lowest BCUT2D eigenvalue weighted by atomic mass is 9.93. The number of nitrogens with zero attached hydrogens (tertiary/aromatic N) is 1. The fourth-order valence-corrected chi connectivity index (χ4v) is 3.22. The number of methoxy groups -OCH3 is 2. The number of benzene rings is 2. The van der Waals surface area contributed by atoms with Crippen LogP contribution in [0.3, 0.4) is 0 Å². The number of urea groups is 1. The molecule has 0 saturated heterocycles. The van der Waals surface area contributed by atoms with Crippen molar-refractivity contribution in [2.24, 2.45) is 5.41 Å². The van der Waals surface area contributed by atoms with Crippen LogP contribution in [0.1, 0.15) is 20.8 Å². The highest BCUT2D eigenvalue weighted by Crippen LogP contribution is 2.38. The molecule has 0 spiro atoms. The lowest BCUT2D eigenvalue weighted by Gasteiger charge is -2.27. The van der Waals surface area contributed by atoms with Gasteiger partial charge in [0.15, 0.2) is 0 Å². The van der Waals surface area contributed by atoms with Gasteiger partial charge in [-0.15, -0.1) is 0 Å². The van der Waals surface area contributed by atoms with Gasteiger partial charge in [-0.25, -0.2) is 4.79 Å². The molecule has 0 aromatic heterocycles. The molecule has 2 N–H and O–H groups in total. The predicted octanol–water partition coefficient (Wildman–Crippen LogP) is 4.12. The molecule has 0 radical (unpaired) electrons. The van der Waals surface area contributed by atoms with E-state index >= 15 is 0 Å². The Hall–Kier alpha value is -3.42. The second-order valence-corrected chi connectivity index (χ2v) is 7.55. The lowest BCUT2D eigenvalue weighted by Crippen LogP contribution is -2.42. The van der Waals surface area contributed by atoms with Crippen LogP contribution in [-0.2, 0) is 4.79 Å². The van der Waals surface area contributed by atoms with Crippen LogP contribution in [0.2, 0.25) is 0 Å². The molecule has 3 amide bonds. The van der Waals surface area contributed by atoms with Gasteiger partial charge in [-0.2, -0.15) is 0 Å². The summed E-state index contributed by atoms with van der Waals surface area (Å²) >= 11 is 0. The molecule has 3 rings (SSSR count). The standard InChI is InChI=1S/C22H27N3O5/c1-6-25-17-11-14(7-10-18(17)30-13-22(2,3)20(25)26)23-21(27)24-16-9-8-15(28-4)12-19(16)29-5/h7-12H,6,13H2,1-5H3,(H2,23,24,27). The van der Waals surface area contributed by atoms with E-state index in [0.717, 1.165) is 0 Å². The van der Waals surface area contributed by atoms with Crippen LogP contribution in [0, 0.1) is 5.41 Å². The van der Waals surface area contributed by atoms with Crippen molar-refractivity contribution in [3.8, 4) is 17.2 Å². The SMILES string of the molecule is CCN1C(=O)C(C)(C)COc2ccc(NC(=O)Nc3ccc(OC)cc3OC)cc21. The molecule has 1 aliphatic rings. The average molecular weight is 413 g/mol. The highest BCUT2D eigenvalue weighted by atomic mass is 16.5. The summed E-state index contributed by atoms with van der Waals surface area (Å²) in [4.78, 5) is 27.1. The highest BCUT2D eigenvalue weighted by molar-refractivity contribution is 6.03. The molecule has 8 heteroatoms. The molecule has 1 aliphatic heterocycles. The van der Waals surface area contributed by atoms with Gasteiger partial charge in [0.2, 0.25) is 5.91 Å². The first-order valence-corrected chi connectivity index (χ1v) is 9.68. The first-order valence-electron chi connectivity index (χ1n) is 9.68. The number of amides is 3. The maximum absolute atomic E-state index is 12.9. The van der Waals surface area contributed by atoms with Crippen LogP contribution in [0.4, 0.5) is 21.9 Å². The van der Waals surface area contributed by atoms with E-state index in [2.05, 4.69) is 10.6 Å². The van der Waals surface area contributed by atoms with Crippen LogP contribution in [0.15, 0.2) is 36.4 Å². The first kappa shape index (κ1) is 21.3. The molecule has 160 valence electrons. The van der Waals surface area contributed by atoms with E-state index in [-0.39, 0.29) is 5.91 Å². The maximum Gasteiger partial charge on any atom is 0.323 e. The Morgan fingerprint density at radius 2 is 1.90 bits per heavy atom. The second-order valence-electron chi connectivity index (χ2n) is 7.55. The largest absolute Gasteiger partial charge is 0.497 e. The maximum atomic E-state index is 12.9. The number of ether oxygens (including phenoxy) is 3. The number of rotatable bonds is 5. The van der Waals surface area contributed by atoms with E-state index in [1.807, 2.05) is 20.8 Å². The Kier molecular flexibility index (Phi) is 6.05. The molecular weight excluding hydrogens is 386 g/mol. The number of carbonyl (C=O) groups excluding carboxylic acids is 2. The topological polar surface area (TPSA) is 89.1 Å². The van der Waals surface area contributed by atoms with Crippen LogP contribution in [0.25, 0.3) is 0 Å². The number of carbonyl (C=O) groups is 2. The van der Waals surface area contributed by atoms with Crippen LogP contribution < -0.4 is 29.7 Å². The molecule has 0 unspecified atom stereocenters. The van der Waals surface area contributed by atoms with Crippen molar-refractivity contribution >= 4 is 29.0 Å². The minimum absolute atomic E-state index is 0.0201. The predicted molar refractivity (Wildman–Crippen MR) is 116 cm³/mol. The zero-order chi connectivity index (χ0) is 21.9. The molecule has 0 saturated carbocycles. The summed E-state index contributed by atoms with van der Waals surface area (Å²) in [5.41, 5.74) is 1.03. The second kappa shape index (κ2) is 8.52. The lowest BCUT2D eigenvalue weighted by molar-refractivity contribution is -0.127. The molecule has 0 bridgehead atoms. The molecule has 0 atom stereocenters. The molecule has 8 nitrogen and oxygen atoms in total. The van der Waals surface area contributed by atoms with Gasteiger partial charge in [-0.05, 0) is 51.1 Å². The van der Waals surface area contributed by atoms with Crippen molar-refractivity contribution in [3.63, 3.8) is 0 Å². The van der Waals surface area contributed by atoms with Crippen molar-refractivity contribution in [2.75, 3.05) is 42.9 Å². The van der Waals surface area contributed by atoms with E-state index in [1.165, 1.54) is 7.11 Å². The van der Waals surface area contributed by atoms with Crippen LogP contribution in [-0.4, -0.2) is 39.3 Å². The number of nitrogens with one attached hydrogen (secondary N) is 2. The smallest absolute Gasteiger partial charge is 0.323 e. The number of hydrogen-bond acceptors (Lipinski definition) is 5. The summed E-state index contributed by atoms with van der Waals surface area (Å²) in [7, 11) is 3.07. The average Bonchev–Trinajstić information content (AvgIpc) is 2.82. The van der Waals surface area contributed by atoms with Gasteiger partial charge in [0.25, 0.3) is 0 Å². The minimum Gasteiger partial charge on any atom is -0.497 e.